The van der Waals surface area contributed by atoms with Gasteiger partial charge in [0.15, 0.2) is 0 Å². The highest BCUT2D eigenvalue weighted by atomic mass is 32.2. The Hall–Kier alpha value is -2.82. The SMILES string of the molecule is O=C(NCCNc1ncccn1)c1cccc(S(=O)(=O)NCc2cccs2)c1. The number of carbonyl (C=O) groups excluding carboxylic acids is 1. The number of aromatic nitrogens is 2. The van der Waals surface area contributed by atoms with E-state index in [2.05, 4.69) is 25.3 Å². The number of benzene rings is 1. The summed E-state index contributed by atoms with van der Waals surface area (Å²) in [6.45, 7) is 0.991. The van der Waals surface area contributed by atoms with Crippen LogP contribution in [0.25, 0.3) is 0 Å². The van der Waals surface area contributed by atoms with Crippen molar-refractivity contribution in [1.29, 1.82) is 0 Å². The van der Waals surface area contributed by atoms with Gasteiger partial charge in [0.1, 0.15) is 0 Å². The van der Waals surface area contributed by atoms with Gasteiger partial charge in [-0.2, -0.15) is 0 Å². The summed E-state index contributed by atoms with van der Waals surface area (Å²) in [5.74, 6) is 0.118. The van der Waals surface area contributed by atoms with Gasteiger partial charge in [0, 0.05) is 42.5 Å². The van der Waals surface area contributed by atoms with Crippen LogP contribution in [-0.2, 0) is 16.6 Å². The number of nitrogens with zero attached hydrogens (tertiary/aromatic N) is 2. The van der Waals surface area contributed by atoms with Crippen LogP contribution in [-0.4, -0.2) is 37.4 Å². The number of thiophene rings is 1. The number of anilines is 1. The van der Waals surface area contributed by atoms with Crippen LogP contribution >= 0.6 is 11.3 Å². The van der Waals surface area contributed by atoms with Gasteiger partial charge in [-0.1, -0.05) is 12.1 Å². The third-order valence-electron chi connectivity index (χ3n) is 3.68. The molecule has 2 aromatic heterocycles. The maximum atomic E-state index is 12.5. The van der Waals surface area contributed by atoms with Crippen LogP contribution in [0.4, 0.5) is 5.95 Å². The van der Waals surface area contributed by atoms with Gasteiger partial charge in [-0.25, -0.2) is 23.1 Å². The number of hydrogen-bond acceptors (Lipinski definition) is 7. The smallest absolute Gasteiger partial charge is 0.251 e. The first kappa shape index (κ1) is 19.9. The van der Waals surface area contributed by atoms with Gasteiger partial charge in [-0.15, -0.1) is 11.3 Å². The largest absolute Gasteiger partial charge is 0.352 e. The number of carbonyl (C=O) groups is 1. The number of nitrogens with one attached hydrogen (secondary N) is 3. The molecule has 3 aromatic rings. The number of sulfonamides is 1. The average Bonchev–Trinajstić information content (AvgIpc) is 3.24. The second-order valence-electron chi connectivity index (χ2n) is 5.69. The minimum Gasteiger partial charge on any atom is -0.352 e. The molecule has 1 aromatic carbocycles. The van der Waals surface area contributed by atoms with Gasteiger partial charge in [0.25, 0.3) is 5.91 Å². The van der Waals surface area contributed by atoms with Crippen LogP contribution < -0.4 is 15.4 Å². The molecule has 0 fully saturated rings. The maximum Gasteiger partial charge on any atom is 0.251 e. The lowest BCUT2D eigenvalue weighted by Crippen LogP contribution is -2.29. The van der Waals surface area contributed by atoms with Crippen molar-refractivity contribution in [1.82, 2.24) is 20.0 Å². The predicted octanol–water partition coefficient (Wildman–Crippen LogP) is 1.86. The number of hydrogen-bond donors (Lipinski definition) is 3. The van der Waals surface area contributed by atoms with Crippen molar-refractivity contribution in [2.45, 2.75) is 11.4 Å². The molecule has 0 atom stereocenters. The van der Waals surface area contributed by atoms with Crippen molar-refractivity contribution in [3.63, 3.8) is 0 Å². The molecule has 0 unspecified atom stereocenters. The Morgan fingerprint density at radius 3 is 2.61 bits per heavy atom. The van der Waals surface area contributed by atoms with Crippen molar-refractivity contribution in [3.8, 4) is 0 Å². The fourth-order valence-corrected chi connectivity index (χ4v) is 4.10. The summed E-state index contributed by atoms with van der Waals surface area (Å²) >= 11 is 1.47. The van der Waals surface area contributed by atoms with Crippen LogP contribution in [0.3, 0.4) is 0 Å². The molecule has 146 valence electrons. The lowest BCUT2D eigenvalue weighted by Gasteiger charge is -2.09. The molecule has 0 aliphatic rings. The third-order valence-corrected chi connectivity index (χ3v) is 5.96. The molecular formula is C18H19N5O3S2. The Bertz CT molecular complexity index is 1010. The summed E-state index contributed by atoms with van der Waals surface area (Å²) in [4.78, 5) is 21.3. The average molecular weight is 418 g/mol. The highest BCUT2D eigenvalue weighted by Gasteiger charge is 2.16. The Labute approximate surface area is 167 Å². The maximum absolute atomic E-state index is 12.5. The summed E-state index contributed by atoms with van der Waals surface area (Å²) in [6, 6.07) is 11.4. The topological polar surface area (TPSA) is 113 Å². The van der Waals surface area contributed by atoms with Crippen LogP contribution in [0.2, 0.25) is 0 Å². The Morgan fingerprint density at radius 1 is 1.04 bits per heavy atom. The zero-order valence-electron chi connectivity index (χ0n) is 14.8. The van der Waals surface area contributed by atoms with E-state index in [-0.39, 0.29) is 22.9 Å². The van der Waals surface area contributed by atoms with E-state index >= 15 is 0 Å². The zero-order chi connectivity index (χ0) is 19.8. The number of rotatable bonds is 9. The summed E-state index contributed by atoms with van der Waals surface area (Å²) in [7, 11) is -3.71. The molecule has 0 saturated heterocycles. The first-order chi connectivity index (χ1) is 13.5. The molecular weight excluding hydrogens is 398 g/mol. The predicted molar refractivity (Wildman–Crippen MR) is 108 cm³/mol. The molecule has 0 bridgehead atoms. The summed E-state index contributed by atoms with van der Waals surface area (Å²) < 4.78 is 27.5. The standard InChI is InChI=1S/C18H19N5O3S2/c24-17(19-9-10-22-18-20-7-3-8-21-18)14-4-1-6-16(12-14)28(25,26)23-13-15-5-2-11-27-15/h1-8,11-12,23H,9-10,13H2,(H,19,24)(H,20,21,22). The van der Waals surface area contributed by atoms with E-state index in [0.717, 1.165) is 4.88 Å². The lowest BCUT2D eigenvalue weighted by molar-refractivity contribution is 0.0955. The molecule has 0 saturated carbocycles. The molecule has 28 heavy (non-hydrogen) atoms. The highest BCUT2D eigenvalue weighted by molar-refractivity contribution is 7.89. The molecule has 0 aliphatic carbocycles. The minimum atomic E-state index is -3.71. The molecule has 8 nitrogen and oxygen atoms in total. The molecule has 10 heteroatoms. The zero-order valence-corrected chi connectivity index (χ0v) is 16.5. The molecule has 0 aliphatic heterocycles. The van der Waals surface area contributed by atoms with Crippen molar-refractivity contribution in [2.75, 3.05) is 18.4 Å². The van der Waals surface area contributed by atoms with Crippen LogP contribution in [0.15, 0.2) is 65.1 Å². The second-order valence-corrected chi connectivity index (χ2v) is 8.49. The van der Waals surface area contributed by atoms with Crippen molar-refractivity contribution >= 4 is 33.2 Å². The van der Waals surface area contributed by atoms with Crippen LogP contribution in [0.5, 0.6) is 0 Å². The van der Waals surface area contributed by atoms with Crippen molar-refractivity contribution in [2.24, 2.45) is 0 Å². The molecule has 0 spiro atoms. The lowest BCUT2D eigenvalue weighted by atomic mass is 10.2. The van der Waals surface area contributed by atoms with E-state index in [1.54, 1.807) is 30.6 Å². The fourth-order valence-electron chi connectivity index (χ4n) is 2.31. The van der Waals surface area contributed by atoms with E-state index in [0.29, 0.717) is 19.0 Å². The molecule has 2 heterocycles. The van der Waals surface area contributed by atoms with Gasteiger partial charge in [-0.05, 0) is 35.7 Å². The fraction of sp³-hybridized carbons (Fsp3) is 0.167. The molecule has 3 rings (SSSR count). The summed E-state index contributed by atoms with van der Waals surface area (Å²) in [5, 5.41) is 7.59. The van der Waals surface area contributed by atoms with Crippen molar-refractivity contribution in [3.05, 3.63) is 70.7 Å². The Balaban J connectivity index is 1.55. The summed E-state index contributed by atoms with van der Waals surface area (Å²) in [6.07, 6.45) is 3.23. The van der Waals surface area contributed by atoms with Crippen LogP contribution in [0.1, 0.15) is 15.2 Å². The third kappa shape index (κ3) is 5.59. The van der Waals surface area contributed by atoms with Gasteiger partial charge in [0.05, 0.1) is 4.90 Å². The van der Waals surface area contributed by atoms with Crippen LogP contribution in [0, 0.1) is 0 Å². The Kier molecular flexibility index (Phi) is 6.69. The van der Waals surface area contributed by atoms with Gasteiger partial charge in [0.2, 0.25) is 16.0 Å². The van der Waals surface area contributed by atoms with E-state index in [4.69, 9.17) is 0 Å². The monoisotopic (exact) mass is 417 g/mol. The van der Waals surface area contributed by atoms with Gasteiger partial charge in [-0.3, -0.25) is 4.79 Å². The van der Waals surface area contributed by atoms with Gasteiger partial charge >= 0.3 is 0 Å². The quantitative estimate of drug-likeness (QED) is 0.458. The molecule has 0 radical (unpaired) electrons. The number of amides is 1. The van der Waals surface area contributed by atoms with E-state index in [1.807, 2.05) is 17.5 Å². The minimum absolute atomic E-state index is 0.0486. The Morgan fingerprint density at radius 2 is 1.86 bits per heavy atom. The van der Waals surface area contributed by atoms with E-state index in [1.165, 1.54) is 23.5 Å². The van der Waals surface area contributed by atoms with E-state index in [9.17, 15) is 13.2 Å². The first-order valence-electron chi connectivity index (χ1n) is 8.46. The highest BCUT2D eigenvalue weighted by Crippen LogP contribution is 2.14. The normalized spacial score (nSPS) is 11.1. The first-order valence-corrected chi connectivity index (χ1v) is 10.8. The van der Waals surface area contributed by atoms with Crippen molar-refractivity contribution < 1.29 is 13.2 Å². The summed E-state index contributed by atoms with van der Waals surface area (Å²) in [5.41, 5.74) is 0.273. The van der Waals surface area contributed by atoms with Gasteiger partial charge < -0.3 is 10.6 Å². The van der Waals surface area contributed by atoms with E-state index < -0.39 is 10.0 Å². The molecule has 1 amide bonds. The second kappa shape index (κ2) is 9.40. The molecule has 3 N–H and O–H groups in total.